The van der Waals surface area contributed by atoms with E-state index >= 15 is 0 Å². The van der Waals surface area contributed by atoms with Crippen molar-refractivity contribution in [3.63, 3.8) is 0 Å². The van der Waals surface area contributed by atoms with E-state index in [1.165, 1.54) is 78.1 Å². The Kier molecular flexibility index (Phi) is 23.1. The van der Waals surface area contributed by atoms with Crippen molar-refractivity contribution in [2.75, 3.05) is 63.4 Å². The zero-order valence-corrected chi connectivity index (χ0v) is 23.3. The van der Waals surface area contributed by atoms with Gasteiger partial charge in [-0.15, -0.1) is 0 Å². The van der Waals surface area contributed by atoms with Crippen molar-refractivity contribution in [3.8, 4) is 0 Å². The summed E-state index contributed by atoms with van der Waals surface area (Å²) in [6.45, 7) is 0. The summed E-state index contributed by atoms with van der Waals surface area (Å²) in [7, 11) is 13.1. The van der Waals surface area contributed by atoms with Gasteiger partial charge in [-0.1, -0.05) is 0 Å². The Morgan fingerprint density at radius 2 is 0.649 bits per heavy atom. The Bertz CT molecular complexity index is 783. The quantitative estimate of drug-likeness (QED) is 0.116. The molecule has 6 amide bonds. The normalized spacial score (nSPS) is 10.5. The molecule has 0 bridgehead atoms. The van der Waals surface area contributed by atoms with Crippen LogP contribution in [0.5, 0.6) is 0 Å². The van der Waals surface area contributed by atoms with E-state index in [2.05, 4.69) is 16.0 Å². The number of nitrogens with zero attached hydrogens (tertiary/aromatic N) is 3. The second-order valence-electron chi connectivity index (χ2n) is 7.03. The third-order valence-electron chi connectivity index (χ3n) is 3.42. The molecule has 0 rings (SSSR count). The maximum absolute atomic E-state index is 10.9. The van der Waals surface area contributed by atoms with E-state index in [1.54, 1.807) is 0 Å². The first kappa shape index (κ1) is 40.1. The van der Waals surface area contributed by atoms with Crippen LogP contribution in [0, 0.1) is 0 Å². The first-order chi connectivity index (χ1) is 16.5. The van der Waals surface area contributed by atoms with Gasteiger partial charge in [0.25, 0.3) is 17.7 Å². The molecule has 0 saturated heterocycles. The number of nitrogens with one attached hydrogen (secondary N) is 3. The van der Waals surface area contributed by atoms with E-state index in [4.69, 9.17) is 15.3 Å². The SMILES string of the molecule is CNC(=O)C=C(O)C(=O)N(C)C.CNC(=O)C=C(O)C(=O)N(C)C.CNC(=O)C=C(O)C(=O)N(C)C.[Fe]. The van der Waals surface area contributed by atoms with Crippen molar-refractivity contribution in [3.05, 3.63) is 35.5 Å². The van der Waals surface area contributed by atoms with Gasteiger partial charge in [0.1, 0.15) is 0 Å². The number of hydrogen-bond acceptors (Lipinski definition) is 9. The van der Waals surface area contributed by atoms with E-state index in [0.29, 0.717) is 0 Å². The predicted molar refractivity (Wildman–Crippen MR) is 130 cm³/mol. The van der Waals surface area contributed by atoms with Crippen molar-refractivity contribution < 1.29 is 61.2 Å². The molecule has 6 N–H and O–H groups in total. The van der Waals surface area contributed by atoms with Crippen LogP contribution < -0.4 is 16.0 Å². The van der Waals surface area contributed by atoms with E-state index in [9.17, 15) is 28.8 Å². The maximum atomic E-state index is 10.9. The van der Waals surface area contributed by atoms with Gasteiger partial charge >= 0.3 is 0 Å². The molecule has 0 unspecified atom stereocenters. The van der Waals surface area contributed by atoms with Crippen molar-refractivity contribution in [2.45, 2.75) is 0 Å². The molecule has 0 aliphatic carbocycles. The maximum Gasteiger partial charge on any atom is 0.288 e. The monoisotopic (exact) mass is 572 g/mol. The van der Waals surface area contributed by atoms with Crippen molar-refractivity contribution in [1.29, 1.82) is 0 Å². The van der Waals surface area contributed by atoms with Crippen LogP contribution in [0.3, 0.4) is 0 Å². The average molecular weight is 572 g/mol. The van der Waals surface area contributed by atoms with E-state index in [0.717, 1.165) is 18.2 Å². The van der Waals surface area contributed by atoms with Gasteiger partial charge in [-0.05, 0) is 0 Å². The van der Waals surface area contributed by atoms with Crippen LogP contribution in [0.4, 0.5) is 0 Å². The van der Waals surface area contributed by atoms with Gasteiger partial charge in [0.15, 0.2) is 17.3 Å². The smallest absolute Gasteiger partial charge is 0.288 e. The largest absolute Gasteiger partial charge is 0.503 e. The summed E-state index contributed by atoms with van der Waals surface area (Å²) in [5.74, 6) is -5.04. The van der Waals surface area contributed by atoms with Gasteiger partial charge in [-0.25, -0.2) is 0 Å². The average Bonchev–Trinajstić information content (AvgIpc) is 2.82. The van der Waals surface area contributed by atoms with E-state index in [1.807, 2.05) is 0 Å². The Morgan fingerprint density at radius 1 is 0.486 bits per heavy atom. The molecule has 0 aromatic rings. The van der Waals surface area contributed by atoms with Crippen LogP contribution in [0.2, 0.25) is 0 Å². The Morgan fingerprint density at radius 3 is 0.757 bits per heavy atom. The van der Waals surface area contributed by atoms with Gasteiger partial charge in [0.2, 0.25) is 17.7 Å². The summed E-state index contributed by atoms with van der Waals surface area (Å²) in [5, 5.41) is 33.7. The molecule has 212 valence electrons. The summed E-state index contributed by atoms with van der Waals surface area (Å²) >= 11 is 0. The van der Waals surface area contributed by atoms with Crippen LogP contribution in [-0.4, -0.2) is 129 Å². The molecule has 37 heavy (non-hydrogen) atoms. The molecule has 0 fully saturated rings. The number of amides is 6. The Hall–Kier alpha value is -4.04. The number of likely N-dealkylation sites (N-methyl/N-ethyl adjacent to an activating group) is 6. The molecule has 15 nitrogen and oxygen atoms in total. The van der Waals surface area contributed by atoms with E-state index in [-0.39, 0.29) is 17.1 Å². The summed E-state index contributed by atoms with van der Waals surface area (Å²) in [6, 6.07) is 0. The van der Waals surface area contributed by atoms with Crippen LogP contribution in [0.25, 0.3) is 0 Å². The number of carbonyl (C=O) groups excluding carboxylic acids is 6. The topological polar surface area (TPSA) is 209 Å². The molecular weight excluding hydrogens is 536 g/mol. The van der Waals surface area contributed by atoms with Gasteiger partial charge in [-0.2, -0.15) is 0 Å². The second-order valence-corrected chi connectivity index (χ2v) is 7.03. The number of carbonyl (C=O) groups is 6. The van der Waals surface area contributed by atoms with Crippen LogP contribution >= 0.6 is 0 Å². The summed E-state index contributed by atoms with van der Waals surface area (Å²) < 4.78 is 0. The van der Waals surface area contributed by atoms with Gasteiger partial charge in [0.05, 0.1) is 18.2 Å². The minimum atomic E-state index is -0.599. The number of hydrogen-bond donors (Lipinski definition) is 6. The molecule has 0 heterocycles. The molecule has 0 atom stereocenters. The minimum Gasteiger partial charge on any atom is -0.503 e. The first-order valence-corrected chi connectivity index (χ1v) is 9.98. The predicted octanol–water partition coefficient (Wildman–Crippen LogP) is -2.21. The van der Waals surface area contributed by atoms with Crippen molar-refractivity contribution in [1.82, 2.24) is 30.7 Å². The Labute approximate surface area is 226 Å². The molecule has 0 aromatic heterocycles. The second kappa shape index (κ2) is 21.3. The standard InChI is InChI=1S/3C7H12N2O3.Fe/c3*1-8-6(11)4-5(10)7(12)9(2)3;/h3*4,10H,1-3H3,(H,8,11);. The van der Waals surface area contributed by atoms with Gasteiger partial charge in [-0.3, -0.25) is 28.8 Å². The number of aliphatic hydroxyl groups excluding tert-OH is 3. The minimum absolute atomic E-state index is 0. The molecule has 0 aromatic carbocycles. The fourth-order valence-corrected chi connectivity index (χ4v) is 1.46. The zero-order valence-electron chi connectivity index (χ0n) is 22.2. The summed E-state index contributed by atoms with van der Waals surface area (Å²) in [5.41, 5.74) is 0. The molecule has 0 aliphatic rings. The van der Waals surface area contributed by atoms with Crippen LogP contribution in [0.1, 0.15) is 0 Å². The number of aliphatic hydroxyl groups is 3. The molecule has 0 spiro atoms. The van der Waals surface area contributed by atoms with Gasteiger partial charge < -0.3 is 46.0 Å². The van der Waals surface area contributed by atoms with Crippen molar-refractivity contribution >= 4 is 35.4 Å². The fourth-order valence-electron chi connectivity index (χ4n) is 1.46. The van der Waals surface area contributed by atoms with Crippen LogP contribution in [0.15, 0.2) is 35.5 Å². The fraction of sp³-hybridized carbons (Fsp3) is 0.429. The van der Waals surface area contributed by atoms with Gasteiger partial charge in [0, 0.05) is 80.5 Å². The van der Waals surface area contributed by atoms with E-state index < -0.39 is 52.7 Å². The summed E-state index contributed by atoms with van der Waals surface area (Å²) in [6.07, 6.45) is 2.51. The molecule has 0 radical (unpaired) electrons. The molecule has 0 saturated carbocycles. The van der Waals surface area contributed by atoms with Crippen LogP contribution in [-0.2, 0) is 45.8 Å². The zero-order chi connectivity index (χ0) is 29.2. The third-order valence-corrected chi connectivity index (χ3v) is 3.42. The summed E-state index contributed by atoms with van der Waals surface area (Å²) in [4.78, 5) is 68.2. The molecular formula is C21H36FeN6O9. The molecule has 0 aliphatic heterocycles. The first-order valence-electron chi connectivity index (χ1n) is 9.98. The van der Waals surface area contributed by atoms with Crippen molar-refractivity contribution in [2.24, 2.45) is 0 Å². The third kappa shape index (κ3) is 19.9. The molecule has 16 heteroatoms. The number of rotatable bonds is 6. The Balaban J connectivity index is -0.000000218.